The molecule has 2 aromatic rings. The van der Waals surface area contributed by atoms with Gasteiger partial charge < -0.3 is 11.1 Å². The van der Waals surface area contributed by atoms with Crippen LogP contribution in [-0.4, -0.2) is 26.7 Å². The quantitative estimate of drug-likeness (QED) is 0.748. The zero-order valence-corrected chi connectivity index (χ0v) is 8.51. The highest BCUT2D eigenvalue weighted by Crippen LogP contribution is 2.22. The predicted octanol–water partition coefficient (Wildman–Crippen LogP) is 0.549. The molecule has 3 N–H and O–H groups in total. The third-order valence-corrected chi connectivity index (χ3v) is 2.70. The van der Waals surface area contributed by atoms with Crippen LogP contribution in [0.25, 0.3) is 5.65 Å². The normalized spacial score (nSPS) is 24.4. The number of hydrogen-bond acceptors (Lipinski definition) is 4. The summed E-state index contributed by atoms with van der Waals surface area (Å²) in [4.78, 5) is 4.37. The molecule has 2 aromatic heterocycles. The Hall–Kier alpha value is -1.62. The highest BCUT2D eigenvalue weighted by atomic mass is 15.4. The first-order valence-electron chi connectivity index (χ1n) is 5.08. The van der Waals surface area contributed by atoms with Crippen LogP contribution in [0.1, 0.15) is 12.1 Å². The minimum Gasteiger partial charge on any atom is -0.349 e. The minimum absolute atomic E-state index is 0.262. The number of anilines is 1. The van der Waals surface area contributed by atoms with Crippen molar-refractivity contribution in [2.24, 2.45) is 5.73 Å². The molecule has 3 rings (SSSR count). The van der Waals surface area contributed by atoms with Crippen LogP contribution in [0.15, 0.2) is 18.2 Å². The molecule has 2 heterocycles. The summed E-state index contributed by atoms with van der Waals surface area (Å²) < 4.78 is 1.83. The molecule has 0 spiro atoms. The van der Waals surface area contributed by atoms with E-state index in [0.717, 1.165) is 17.8 Å². The molecule has 1 fully saturated rings. The first-order valence-corrected chi connectivity index (χ1v) is 5.08. The maximum absolute atomic E-state index is 5.71. The Morgan fingerprint density at radius 1 is 1.53 bits per heavy atom. The molecule has 1 aliphatic rings. The van der Waals surface area contributed by atoms with E-state index in [1.807, 2.05) is 29.6 Å². The van der Waals surface area contributed by atoms with Crippen molar-refractivity contribution in [3.05, 3.63) is 23.9 Å². The lowest BCUT2D eigenvalue weighted by molar-refractivity contribution is 0.903. The number of aromatic nitrogens is 3. The Kier molecular flexibility index (Phi) is 1.70. The van der Waals surface area contributed by atoms with Crippen molar-refractivity contribution in [3.8, 4) is 0 Å². The van der Waals surface area contributed by atoms with E-state index < -0.39 is 0 Å². The van der Waals surface area contributed by atoms with Gasteiger partial charge in [0.1, 0.15) is 0 Å². The number of nitrogens with one attached hydrogen (secondary N) is 1. The Bertz CT molecular complexity index is 503. The maximum atomic E-state index is 5.71. The Morgan fingerprint density at radius 3 is 3.00 bits per heavy atom. The molecule has 0 bridgehead atoms. The largest absolute Gasteiger partial charge is 0.349 e. The number of rotatable bonds is 2. The van der Waals surface area contributed by atoms with E-state index in [9.17, 15) is 0 Å². The summed E-state index contributed by atoms with van der Waals surface area (Å²) in [7, 11) is 0. The fourth-order valence-electron chi connectivity index (χ4n) is 1.64. The van der Waals surface area contributed by atoms with Crippen molar-refractivity contribution < 1.29 is 0 Å². The van der Waals surface area contributed by atoms with Crippen LogP contribution >= 0.6 is 0 Å². The third kappa shape index (κ3) is 1.45. The van der Waals surface area contributed by atoms with Crippen LogP contribution in [0.2, 0.25) is 0 Å². The second-order valence-electron chi connectivity index (χ2n) is 4.02. The number of pyridine rings is 1. The number of nitrogens with two attached hydrogens (primary N) is 1. The summed E-state index contributed by atoms with van der Waals surface area (Å²) in [6.07, 6.45) is 1.01. The van der Waals surface area contributed by atoms with Crippen LogP contribution in [0, 0.1) is 6.92 Å². The zero-order valence-electron chi connectivity index (χ0n) is 8.51. The van der Waals surface area contributed by atoms with Gasteiger partial charge in [-0.2, -0.15) is 4.98 Å². The topological polar surface area (TPSA) is 68.2 Å². The van der Waals surface area contributed by atoms with E-state index >= 15 is 0 Å². The number of fused-ring (bicyclic) bond motifs is 1. The van der Waals surface area contributed by atoms with Gasteiger partial charge >= 0.3 is 0 Å². The SMILES string of the molecule is Cc1cccc2nc(NC3CC3N)nn12. The first kappa shape index (κ1) is 8.67. The summed E-state index contributed by atoms with van der Waals surface area (Å²) in [5, 5.41) is 7.58. The summed E-state index contributed by atoms with van der Waals surface area (Å²) in [6.45, 7) is 2.01. The number of aryl methyl sites for hydroxylation is 1. The average Bonchev–Trinajstić information content (AvgIpc) is 2.75. The van der Waals surface area contributed by atoms with Crippen LogP contribution in [0.5, 0.6) is 0 Å². The van der Waals surface area contributed by atoms with E-state index in [1.54, 1.807) is 0 Å². The van der Waals surface area contributed by atoms with Gasteiger partial charge in [0.25, 0.3) is 0 Å². The Morgan fingerprint density at radius 2 is 2.33 bits per heavy atom. The standard InChI is InChI=1S/C10H13N5/c1-6-3-2-4-9-13-10(14-15(6)9)12-8-5-7(8)11/h2-4,7-8H,5,11H2,1H3,(H,12,14). The molecule has 1 aliphatic carbocycles. The Labute approximate surface area is 87.3 Å². The maximum Gasteiger partial charge on any atom is 0.243 e. The molecule has 1 saturated carbocycles. The van der Waals surface area contributed by atoms with Gasteiger partial charge in [-0.15, -0.1) is 5.10 Å². The summed E-state index contributed by atoms with van der Waals surface area (Å²) in [6, 6.07) is 6.54. The molecule has 0 amide bonds. The van der Waals surface area contributed by atoms with Gasteiger partial charge in [0, 0.05) is 17.8 Å². The van der Waals surface area contributed by atoms with Crippen molar-refractivity contribution in [1.82, 2.24) is 14.6 Å². The van der Waals surface area contributed by atoms with Crippen molar-refractivity contribution in [2.75, 3.05) is 5.32 Å². The highest BCUT2D eigenvalue weighted by Gasteiger charge is 2.34. The van der Waals surface area contributed by atoms with E-state index in [1.165, 1.54) is 0 Å². The van der Waals surface area contributed by atoms with Crippen molar-refractivity contribution in [2.45, 2.75) is 25.4 Å². The molecule has 2 unspecified atom stereocenters. The molecule has 0 saturated heterocycles. The van der Waals surface area contributed by atoms with E-state index in [-0.39, 0.29) is 6.04 Å². The third-order valence-electron chi connectivity index (χ3n) is 2.70. The average molecular weight is 203 g/mol. The van der Waals surface area contributed by atoms with Crippen molar-refractivity contribution in [3.63, 3.8) is 0 Å². The van der Waals surface area contributed by atoms with Crippen molar-refractivity contribution >= 4 is 11.6 Å². The van der Waals surface area contributed by atoms with E-state index in [2.05, 4.69) is 15.4 Å². The molecule has 15 heavy (non-hydrogen) atoms. The molecule has 5 heteroatoms. The zero-order chi connectivity index (χ0) is 10.4. The Balaban J connectivity index is 1.96. The fourth-order valence-corrected chi connectivity index (χ4v) is 1.64. The van der Waals surface area contributed by atoms with Gasteiger partial charge in [0.2, 0.25) is 5.95 Å². The monoisotopic (exact) mass is 203 g/mol. The molecule has 5 nitrogen and oxygen atoms in total. The van der Waals surface area contributed by atoms with Crippen molar-refractivity contribution in [1.29, 1.82) is 0 Å². The number of hydrogen-bond donors (Lipinski definition) is 2. The molecular formula is C10H13N5. The molecule has 2 atom stereocenters. The van der Waals surface area contributed by atoms with Crippen LogP contribution in [0.3, 0.4) is 0 Å². The lowest BCUT2D eigenvalue weighted by Crippen LogP contribution is -2.14. The predicted molar refractivity (Wildman–Crippen MR) is 57.7 cm³/mol. The second kappa shape index (κ2) is 2.93. The van der Waals surface area contributed by atoms with E-state index in [0.29, 0.717) is 12.0 Å². The minimum atomic E-state index is 0.262. The van der Waals surface area contributed by atoms with Gasteiger partial charge in [0.15, 0.2) is 5.65 Å². The smallest absolute Gasteiger partial charge is 0.243 e. The summed E-state index contributed by atoms with van der Waals surface area (Å²) in [5.74, 6) is 0.669. The van der Waals surface area contributed by atoms with Crippen LogP contribution < -0.4 is 11.1 Å². The second-order valence-corrected chi connectivity index (χ2v) is 4.02. The van der Waals surface area contributed by atoms with Crippen LogP contribution in [-0.2, 0) is 0 Å². The van der Waals surface area contributed by atoms with Gasteiger partial charge in [-0.25, -0.2) is 4.52 Å². The first-order chi connectivity index (χ1) is 7.24. The van der Waals surface area contributed by atoms with Crippen LogP contribution in [0.4, 0.5) is 5.95 Å². The highest BCUT2D eigenvalue weighted by molar-refractivity contribution is 5.45. The lowest BCUT2D eigenvalue weighted by atomic mass is 10.4. The summed E-state index contributed by atoms with van der Waals surface area (Å²) in [5.41, 5.74) is 7.66. The molecule has 0 aliphatic heterocycles. The number of nitrogens with zero attached hydrogens (tertiary/aromatic N) is 3. The molecular weight excluding hydrogens is 190 g/mol. The molecule has 0 radical (unpaired) electrons. The van der Waals surface area contributed by atoms with Gasteiger partial charge in [-0.3, -0.25) is 0 Å². The lowest BCUT2D eigenvalue weighted by Gasteiger charge is -1.96. The fraction of sp³-hybridized carbons (Fsp3) is 0.400. The van der Waals surface area contributed by atoms with E-state index in [4.69, 9.17) is 5.73 Å². The molecule has 78 valence electrons. The molecule has 0 aromatic carbocycles. The summed E-state index contributed by atoms with van der Waals surface area (Å²) >= 11 is 0. The van der Waals surface area contributed by atoms with Gasteiger partial charge in [-0.1, -0.05) is 6.07 Å². The van der Waals surface area contributed by atoms with Gasteiger partial charge in [-0.05, 0) is 25.5 Å². The van der Waals surface area contributed by atoms with Gasteiger partial charge in [0.05, 0.1) is 0 Å².